The summed E-state index contributed by atoms with van der Waals surface area (Å²) in [7, 11) is 0. The highest BCUT2D eigenvalue weighted by molar-refractivity contribution is 5.94. The minimum Gasteiger partial charge on any atom is -0.367 e. The van der Waals surface area contributed by atoms with E-state index in [1.807, 2.05) is 30.3 Å². The zero-order valence-corrected chi connectivity index (χ0v) is 11.1. The van der Waals surface area contributed by atoms with Crippen LogP contribution in [0, 0.1) is 0 Å². The van der Waals surface area contributed by atoms with Crippen molar-refractivity contribution in [1.82, 2.24) is 9.88 Å². The zero-order chi connectivity index (χ0) is 13.9. The average molecular weight is 268 g/mol. The molecule has 0 spiro atoms. The molecule has 1 saturated heterocycles. The molecule has 1 atom stereocenters. The first kappa shape index (κ1) is 12.7. The lowest BCUT2D eigenvalue weighted by atomic mass is 10.0. The number of hydrogen-bond donors (Lipinski definition) is 1. The lowest BCUT2D eigenvalue weighted by Gasteiger charge is -2.24. The molecule has 20 heavy (non-hydrogen) atoms. The third-order valence-corrected chi connectivity index (χ3v) is 3.75. The van der Waals surface area contributed by atoms with E-state index >= 15 is 0 Å². The SMILES string of the molecule is O=C(c1c[nH]ccc1=O)N1CCCC1c1ccccc1. The number of nitrogens with zero attached hydrogens (tertiary/aromatic N) is 1. The number of aromatic amines is 1. The normalized spacial score (nSPS) is 18.2. The van der Waals surface area contributed by atoms with Gasteiger partial charge in [-0.3, -0.25) is 9.59 Å². The maximum absolute atomic E-state index is 12.6. The predicted molar refractivity (Wildman–Crippen MR) is 76.5 cm³/mol. The third-order valence-electron chi connectivity index (χ3n) is 3.75. The van der Waals surface area contributed by atoms with Crippen molar-refractivity contribution >= 4 is 5.91 Å². The van der Waals surface area contributed by atoms with E-state index in [2.05, 4.69) is 4.98 Å². The van der Waals surface area contributed by atoms with Gasteiger partial charge in [0.05, 0.1) is 6.04 Å². The maximum atomic E-state index is 12.6. The molecular formula is C16H16N2O2. The van der Waals surface area contributed by atoms with Gasteiger partial charge in [0.1, 0.15) is 5.56 Å². The number of pyridine rings is 1. The molecule has 2 aromatic rings. The van der Waals surface area contributed by atoms with Gasteiger partial charge in [-0.1, -0.05) is 30.3 Å². The van der Waals surface area contributed by atoms with Gasteiger partial charge in [0.2, 0.25) is 0 Å². The number of H-pyrrole nitrogens is 1. The summed E-state index contributed by atoms with van der Waals surface area (Å²) in [5.74, 6) is -0.182. The monoisotopic (exact) mass is 268 g/mol. The molecule has 1 fully saturated rings. The van der Waals surface area contributed by atoms with Crippen LogP contribution in [0.15, 0.2) is 53.6 Å². The number of likely N-dealkylation sites (tertiary alicyclic amines) is 1. The second kappa shape index (κ2) is 5.33. The predicted octanol–water partition coefficient (Wildman–Crippen LogP) is 2.35. The van der Waals surface area contributed by atoms with Crippen molar-refractivity contribution in [3.8, 4) is 0 Å². The second-order valence-corrected chi connectivity index (χ2v) is 4.99. The lowest BCUT2D eigenvalue weighted by Crippen LogP contribution is -2.33. The highest BCUT2D eigenvalue weighted by Crippen LogP contribution is 2.32. The van der Waals surface area contributed by atoms with E-state index in [9.17, 15) is 9.59 Å². The Morgan fingerprint density at radius 2 is 2.00 bits per heavy atom. The van der Waals surface area contributed by atoms with Gasteiger partial charge in [-0.05, 0) is 18.4 Å². The van der Waals surface area contributed by atoms with E-state index in [-0.39, 0.29) is 22.9 Å². The summed E-state index contributed by atoms with van der Waals surface area (Å²) >= 11 is 0. The van der Waals surface area contributed by atoms with Crippen LogP contribution in [0.1, 0.15) is 34.8 Å². The van der Waals surface area contributed by atoms with E-state index < -0.39 is 0 Å². The molecular weight excluding hydrogens is 252 g/mol. The van der Waals surface area contributed by atoms with E-state index in [1.54, 1.807) is 4.90 Å². The van der Waals surface area contributed by atoms with Crippen LogP contribution in [0.2, 0.25) is 0 Å². The molecule has 0 aliphatic carbocycles. The minimum absolute atomic E-state index is 0.0725. The van der Waals surface area contributed by atoms with Crippen molar-refractivity contribution in [3.63, 3.8) is 0 Å². The van der Waals surface area contributed by atoms with Crippen molar-refractivity contribution in [3.05, 3.63) is 70.1 Å². The molecule has 1 aliphatic heterocycles. The molecule has 1 aromatic carbocycles. The van der Waals surface area contributed by atoms with E-state index in [0.717, 1.165) is 18.4 Å². The van der Waals surface area contributed by atoms with Gasteiger partial charge in [0, 0.05) is 25.0 Å². The minimum atomic E-state index is -0.229. The number of amides is 1. The number of aromatic nitrogens is 1. The zero-order valence-electron chi connectivity index (χ0n) is 11.1. The number of benzene rings is 1. The molecule has 0 bridgehead atoms. The van der Waals surface area contributed by atoms with Crippen molar-refractivity contribution in [1.29, 1.82) is 0 Å². The first-order chi connectivity index (χ1) is 9.77. The molecule has 3 rings (SSSR count). The summed E-state index contributed by atoms with van der Waals surface area (Å²) in [5, 5.41) is 0. The number of rotatable bonds is 2. The van der Waals surface area contributed by atoms with Crippen molar-refractivity contribution in [2.45, 2.75) is 18.9 Å². The highest BCUT2D eigenvalue weighted by atomic mass is 16.2. The molecule has 4 nitrogen and oxygen atoms in total. The van der Waals surface area contributed by atoms with Crippen LogP contribution in [-0.4, -0.2) is 22.3 Å². The summed E-state index contributed by atoms with van der Waals surface area (Å²) < 4.78 is 0. The fraction of sp³-hybridized carbons (Fsp3) is 0.250. The average Bonchev–Trinajstić information content (AvgIpc) is 2.97. The molecule has 1 aromatic heterocycles. The summed E-state index contributed by atoms with van der Waals surface area (Å²) in [5.41, 5.74) is 1.12. The topological polar surface area (TPSA) is 53.2 Å². The molecule has 102 valence electrons. The van der Waals surface area contributed by atoms with Crippen LogP contribution < -0.4 is 5.43 Å². The van der Waals surface area contributed by atoms with Crippen LogP contribution in [0.25, 0.3) is 0 Å². The first-order valence-electron chi connectivity index (χ1n) is 6.80. The Hall–Kier alpha value is -2.36. The summed E-state index contributed by atoms with van der Waals surface area (Å²) in [6.45, 7) is 0.701. The fourth-order valence-electron chi connectivity index (χ4n) is 2.77. The number of carbonyl (C=O) groups is 1. The molecule has 1 N–H and O–H groups in total. The summed E-state index contributed by atoms with van der Waals surface area (Å²) in [4.78, 5) is 29.0. The van der Waals surface area contributed by atoms with Gasteiger partial charge in [0.15, 0.2) is 5.43 Å². The third kappa shape index (κ3) is 2.25. The van der Waals surface area contributed by atoms with E-state index in [1.165, 1.54) is 18.5 Å². The Morgan fingerprint density at radius 3 is 2.75 bits per heavy atom. The van der Waals surface area contributed by atoms with E-state index in [0.29, 0.717) is 6.54 Å². The first-order valence-corrected chi connectivity index (χ1v) is 6.80. The van der Waals surface area contributed by atoms with Crippen LogP contribution in [-0.2, 0) is 0 Å². The van der Waals surface area contributed by atoms with Gasteiger partial charge in [-0.2, -0.15) is 0 Å². The van der Waals surface area contributed by atoms with Crippen LogP contribution in [0.5, 0.6) is 0 Å². The molecule has 1 amide bonds. The Morgan fingerprint density at radius 1 is 1.20 bits per heavy atom. The quantitative estimate of drug-likeness (QED) is 0.909. The molecule has 1 aliphatic rings. The van der Waals surface area contributed by atoms with Crippen molar-refractivity contribution < 1.29 is 4.79 Å². The number of hydrogen-bond acceptors (Lipinski definition) is 2. The van der Waals surface area contributed by atoms with Crippen LogP contribution in [0.3, 0.4) is 0 Å². The Bertz CT molecular complexity index is 663. The van der Waals surface area contributed by atoms with Gasteiger partial charge < -0.3 is 9.88 Å². The molecule has 4 heteroatoms. The van der Waals surface area contributed by atoms with Crippen LogP contribution >= 0.6 is 0 Å². The number of carbonyl (C=O) groups excluding carboxylic acids is 1. The Balaban J connectivity index is 1.92. The Labute approximate surface area is 117 Å². The van der Waals surface area contributed by atoms with Gasteiger partial charge in [0.25, 0.3) is 5.91 Å². The summed E-state index contributed by atoms with van der Waals surface area (Å²) in [6.07, 6.45) is 4.94. The molecule has 0 saturated carbocycles. The highest BCUT2D eigenvalue weighted by Gasteiger charge is 2.31. The molecule has 1 unspecified atom stereocenters. The van der Waals surface area contributed by atoms with Gasteiger partial charge in [-0.15, -0.1) is 0 Å². The summed E-state index contributed by atoms with van der Waals surface area (Å²) in [6, 6.07) is 11.4. The van der Waals surface area contributed by atoms with Crippen LogP contribution in [0.4, 0.5) is 0 Å². The fourth-order valence-corrected chi connectivity index (χ4v) is 2.77. The second-order valence-electron chi connectivity index (χ2n) is 4.99. The van der Waals surface area contributed by atoms with Crippen molar-refractivity contribution in [2.24, 2.45) is 0 Å². The standard InChI is InChI=1S/C16H16N2O2/c19-15-8-9-17-11-13(15)16(20)18-10-4-7-14(18)12-5-2-1-3-6-12/h1-3,5-6,8-9,11,14H,4,7,10H2,(H,17,19). The number of nitrogens with one attached hydrogen (secondary N) is 1. The largest absolute Gasteiger partial charge is 0.367 e. The molecule has 0 radical (unpaired) electrons. The smallest absolute Gasteiger partial charge is 0.259 e. The molecule has 2 heterocycles. The van der Waals surface area contributed by atoms with Gasteiger partial charge in [-0.25, -0.2) is 0 Å². The maximum Gasteiger partial charge on any atom is 0.259 e. The van der Waals surface area contributed by atoms with E-state index in [4.69, 9.17) is 0 Å². The Kier molecular flexibility index (Phi) is 3.37. The lowest BCUT2D eigenvalue weighted by molar-refractivity contribution is 0.0734. The van der Waals surface area contributed by atoms with Gasteiger partial charge >= 0.3 is 0 Å². The van der Waals surface area contributed by atoms with Crippen molar-refractivity contribution in [2.75, 3.05) is 6.54 Å².